The van der Waals surface area contributed by atoms with Crippen LogP contribution in [-0.2, 0) is 5.41 Å². The lowest BCUT2D eigenvalue weighted by molar-refractivity contribution is 0.288. The third kappa shape index (κ3) is 3.61. The van der Waals surface area contributed by atoms with Crippen LogP contribution in [0.15, 0.2) is 12.1 Å². The van der Waals surface area contributed by atoms with Gasteiger partial charge in [0.1, 0.15) is 4.99 Å². The number of hydrogen-bond acceptors (Lipinski definition) is 4. The maximum atomic E-state index is 5.55. The molecule has 2 rings (SSSR count). The van der Waals surface area contributed by atoms with E-state index in [0.29, 0.717) is 0 Å². The van der Waals surface area contributed by atoms with Gasteiger partial charge >= 0.3 is 0 Å². The predicted molar refractivity (Wildman–Crippen MR) is 99.0 cm³/mol. The molecule has 1 aliphatic rings. The molecule has 0 radical (unpaired) electrons. The first kappa shape index (κ1) is 18.0. The number of benzene rings is 1. The third-order valence-corrected chi connectivity index (χ3v) is 5.06. The summed E-state index contributed by atoms with van der Waals surface area (Å²) in [6.07, 6.45) is 3.35. The Kier molecular flexibility index (Phi) is 5.87. The van der Waals surface area contributed by atoms with Crippen LogP contribution in [0.25, 0.3) is 0 Å². The fourth-order valence-corrected chi connectivity index (χ4v) is 3.67. The van der Waals surface area contributed by atoms with Gasteiger partial charge in [0, 0.05) is 17.5 Å². The molecule has 0 bridgehead atoms. The lowest BCUT2D eigenvalue weighted by atomic mass is 9.70. The fraction of sp³-hybridized carbons (Fsp3) is 0.611. The van der Waals surface area contributed by atoms with E-state index in [4.69, 9.17) is 21.7 Å². The van der Waals surface area contributed by atoms with Gasteiger partial charge in [-0.05, 0) is 51.2 Å². The van der Waals surface area contributed by atoms with Crippen LogP contribution in [0.3, 0.4) is 0 Å². The van der Waals surface area contributed by atoms with Gasteiger partial charge in [-0.15, -0.1) is 0 Å². The summed E-state index contributed by atoms with van der Waals surface area (Å²) in [7, 11) is 7.59. The van der Waals surface area contributed by atoms with Crippen LogP contribution in [0.2, 0.25) is 0 Å². The van der Waals surface area contributed by atoms with E-state index in [-0.39, 0.29) is 5.41 Å². The summed E-state index contributed by atoms with van der Waals surface area (Å²) in [6.45, 7) is 4.17. The Morgan fingerprint density at radius 2 is 1.83 bits per heavy atom. The molecule has 0 saturated heterocycles. The van der Waals surface area contributed by atoms with Gasteiger partial charge in [-0.3, -0.25) is 0 Å². The van der Waals surface area contributed by atoms with Crippen LogP contribution in [0.1, 0.15) is 37.3 Å². The highest BCUT2D eigenvalue weighted by molar-refractivity contribution is 7.80. The Hall–Kier alpha value is -1.33. The van der Waals surface area contributed by atoms with Crippen molar-refractivity contribution in [2.75, 3.05) is 41.4 Å². The first-order valence-electron chi connectivity index (χ1n) is 8.17. The normalized spacial score (nSPS) is 20.2. The predicted octanol–water partition coefficient (Wildman–Crippen LogP) is 2.97. The number of nitrogens with zero attached hydrogens (tertiary/aromatic N) is 1. The van der Waals surface area contributed by atoms with Crippen molar-refractivity contribution in [2.45, 2.75) is 31.6 Å². The topological polar surface area (TPSA) is 33.7 Å². The zero-order valence-corrected chi connectivity index (χ0v) is 15.7. The number of thiocarbonyl (C=S) groups is 1. The second kappa shape index (κ2) is 7.49. The molecule has 128 valence electrons. The van der Waals surface area contributed by atoms with E-state index in [9.17, 15) is 0 Å². The zero-order chi connectivity index (χ0) is 17.0. The van der Waals surface area contributed by atoms with Crippen LogP contribution in [0.4, 0.5) is 0 Å². The molecule has 1 aromatic rings. The molecule has 0 saturated carbocycles. The number of nitrogens with one attached hydrogen (secondary N) is 1. The van der Waals surface area contributed by atoms with Gasteiger partial charge in [0.05, 0.1) is 14.2 Å². The molecule has 0 amide bonds. The average Bonchev–Trinajstić information content (AvgIpc) is 2.55. The second-order valence-electron chi connectivity index (χ2n) is 6.52. The monoisotopic (exact) mass is 336 g/mol. The Morgan fingerprint density at radius 3 is 2.39 bits per heavy atom. The Balaban J connectivity index is 2.55. The van der Waals surface area contributed by atoms with Gasteiger partial charge in [0.15, 0.2) is 11.5 Å². The summed E-state index contributed by atoms with van der Waals surface area (Å²) in [5.74, 6) is 1.51. The minimum absolute atomic E-state index is 0.0796. The average molecular weight is 337 g/mol. The molecule has 1 heterocycles. The third-order valence-electron chi connectivity index (χ3n) is 4.69. The van der Waals surface area contributed by atoms with Crippen LogP contribution in [-0.4, -0.2) is 51.3 Å². The molecule has 1 N–H and O–H groups in total. The highest BCUT2D eigenvalue weighted by atomic mass is 32.1. The van der Waals surface area contributed by atoms with Gasteiger partial charge in [0.2, 0.25) is 0 Å². The number of fused-ring (bicyclic) bond motifs is 1. The lowest BCUT2D eigenvalue weighted by Gasteiger charge is -2.41. The molecule has 0 aromatic heterocycles. The van der Waals surface area contributed by atoms with E-state index in [2.05, 4.69) is 37.3 Å². The van der Waals surface area contributed by atoms with E-state index >= 15 is 0 Å². The van der Waals surface area contributed by atoms with Crippen LogP contribution in [0, 0.1) is 0 Å². The molecule has 1 aliphatic heterocycles. The molecule has 1 unspecified atom stereocenters. The molecule has 1 atom stereocenters. The molecule has 23 heavy (non-hydrogen) atoms. The Morgan fingerprint density at radius 1 is 1.17 bits per heavy atom. The molecule has 5 heteroatoms. The second-order valence-corrected chi connectivity index (χ2v) is 6.93. The van der Waals surface area contributed by atoms with Crippen molar-refractivity contribution < 1.29 is 9.47 Å². The van der Waals surface area contributed by atoms with Gasteiger partial charge in [-0.1, -0.05) is 25.6 Å². The highest BCUT2D eigenvalue weighted by Crippen LogP contribution is 2.42. The lowest BCUT2D eigenvalue weighted by Crippen LogP contribution is -2.47. The summed E-state index contributed by atoms with van der Waals surface area (Å²) in [5.41, 5.74) is 2.45. The zero-order valence-electron chi connectivity index (χ0n) is 14.9. The summed E-state index contributed by atoms with van der Waals surface area (Å²) in [5, 5.41) is 3.44. The minimum atomic E-state index is 0.0796. The molecule has 0 spiro atoms. The van der Waals surface area contributed by atoms with E-state index in [1.807, 2.05) is 6.07 Å². The van der Waals surface area contributed by atoms with Crippen molar-refractivity contribution in [3.63, 3.8) is 0 Å². The molecule has 1 aromatic carbocycles. The molecular weight excluding hydrogens is 308 g/mol. The van der Waals surface area contributed by atoms with E-state index in [1.165, 1.54) is 5.56 Å². The van der Waals surface area contributed by atoms with Crippen molar-refractivity contribution in [3.05, 3.63) is 23.3 Å². The number of ether oxygens (including phenoxy) is 2. The molecule has 0 fully saturated rings. The van der Waals surface area contributed by atoms with Crippen molar-refractivity contribution in [3.8, 4) is 11.5 Å². The SMILES string of the molecule is CCCC1(CCN(C)C)CNC(=S)c2cc(OC)c(OC)cc21. The van der Waals surface area contributed by atoms with Crippen molar-refractivity contribution >= 4 is 17.2 Å². The first-order valence-corrected chi connectivity index (χ1v) is 8.57. The number of hydrogen-bond donors (Lipinski definition) is 1. The quantitative estimate of drug-likeness (QED) is 0.774. The van der Waals surface area contributed by atoms with Gasteiger partial charge in [-0.25, -0.2) is 0 Å². The highest BCUT2D eigenvalue weighted by Gasteiger charge is 2.38. The maximum Gasteiger partial charge on any atom is 0.161 e. The van der Waals surface area contributed by atoms with E-state index < -0.39 is 0 Å². The van der Waals surface area contributed by atoms with Crippen molar-refractivity contribution in [2.24, 2.45) is 0 Å². The Bertz CT molecular complexity index is 574. The van der Waals surface area contributed by atoms with Gasteiger partial charge in [-0.2, -0.15) is 0 Å². The summed E-state index contributed by atoms with van der Waals surface area (Å²) < 4.78 is 11.0. The van der Waals surface area contributed by atoms with E-state index in [0.717, 1.165) is 54.4 Å². The van der Waals surface area contributed by atoms with E-state index in [1.54, 1.807) is 14.2 Å². The molecule has 4 nitrogen and oxygen atoms in total. The summed E-state index contributed by atoms with van der Waals surface area (Å²) in [6, 6.07) is 4.15. The number of rotatable bonds is 7. The van der Waals surface area contributed by atoms with Gasteiger partial charge in [0.25, 0.3) is 0 Å². The molecular formula is C18H28N2O2S. The van der Waals surface area contributed by atoms with Crippen LogP contribution < -0.4 is 14.8 Å². The smallest absolute Gasteiger partial charge is 0.161 e. The number of methoxy groups -OCH3 is 2. The van der Waals surface area contributed by atoms with Crippen molar-refractivity contribution in [1.82, 2.24) is 10.2 Å². The van der Waals surface area contributed by atoms with Gasteiger partial charge < -0.3 is 19.7 Å². The molecule has 0 aliphatic carbocycles. The standard InChI is InChI=1S/C18H28N2O2S/c1-6-7-18(8-9-20(2)3)12-19-17(23)13-10-15(21-4)16(22-5)11-14(13)18/h10-11H,6-9,12H2,1-5H3,(H,19,23). The summed E-state index contributed by atoms with van der Waals surface area (Å²) >= 11 is 5.55. The first-order chi connectivity index (χ1) is 11.0. The fourth-order valence-electron chi connectivity index (χ4n) is 3.43. The maximum absolute atomic E-state index is 5.55. The van der Waals surface area contributed by atoms with Crippen molar-refractivity contribution in [1.29, 1.82) is 0 Å². The summed E-state index contributed by atoms with van der Waals surface area (Å²) in [4.78, 5) is 3.04. The van der Waals surface area contributed by atoms with Crippen LogP contribution in [0.5, 0.6) is 11.5 Å². The minimum Gasteiger partial charge on any atom is -0.493 e. The van der Waals surface area contributed by atoms with Crippen LogP contribution >= 0.6 is 12.2 Å². The Labute approximate surface area is 145 Å². The largest absolute Gasteiger partial charge is 0.493 e.